The summed E-state index contributed by atoms with van der Waals surface area (Å²) in [7, 11) is -0.337. The molecule has 0 saturated heterocycles. The molecule has 1 aromatic carbocycles. The van der Waals surface area contributed by atoms with Crippen LogP contribution in [0.15, 0.2) is 29.2 Å². The zero-order chi connectivity index (χ0) is 14.8. The van der Waals surface area contributed by atoms with Gasteiger partial charge in [-0.2, -0.15) is 0 Å². The van der Waals surface area contributed by atoms with Crippen molar-refractivity contribution < 1.29 is 13.2 Å². The lowest BCUT2D eigenvalue weighted by Gasteiger charge is -2.36. The minimum Gasteiger partial charge on any atom is -0.381 e. The largest absolute Gasteiger partial charge is 0.381 e. The molecular formula is C14H22N2O3S. The Morgan fingerprint density at radius 2 is 1.95 bits per heavy atom. The van der Waals surface area contributed by atoms with Crippen LogP contribution in [-0.4, -0.2) is 45.6 Å². The van der Waals surface area contributed by atoms with Gasteiger partial charge in [0.1, 0.15) is 4.90 Å². The van der Waals surface area contributed by atoms with E-state index in [1.165, 1.54) is 4.31 Å². The van der Waals surface area contributed by atoms with Gasteiger partial charge in [-0.25, -0.2) is 12.7 Å². The zero-order valence-corrected chi connectivity index (χ0v) is 13.0. The standard InChI is InChI=1S/C14H22N2O3S/c1-4-19-12-9-11(10-12)15-13-7-5-6-8-14(13)20(17,18)16(2)3/h5-8,11-12,15H,4,9-10H2,1-3H3. The van der Waals surface area contributed by atoms with Gasteiger partial charge in [-0.1, -0.05) is 12.1 Å². The molecule has 0 amide bonds. The van der Waals surface area contributed by atoms with Crippen molar-refractivity contribution in [3.05, 3.63) is 24.3 Å². The van der Waals surface area contributed by atoms with E-state index in [-0.39, 0.29) is 6.04 Å². The number of hydrogen-bond acceptors (Lipinski definition) is 4. The molecule has 0 atom stereocenters. The number of rotatable bonds is 6. The van der Waals surface area contributed by atoms with E-state index in [0.717, 1.165) is 19.4 Å². The Labute approximate surface area is 121 Å². The summed E-state index contributed by atoms with van der Waals surface area (Å²) in [6.45, 7) is 2.71. The molecule has 0 unspecified atom stereocenters. The Balaban J connectivity index is 2.11. The molecule has 0 radical (unpaired) electrons. The average molecular weight is 298 g/mol. The lowest BCUT2D eigenvalue weighted by atomic mass is 9.89. The maximum absolute atomic E-state index is 12.3. The molecule has 1 N–H and O–H groups in total. The summed E-state index contributed by atoms with van der Waals surface area (Å²) >= 11 is 0. The highest BCUT2D eigenvalue weighted by Gasteiger charge is 2.31. The van der Waals surface area contributed by atoms with Crippen molar-refractivity contribution in [2.24, 2.45) is 0 Å². The number of sulfonamides is 1. The summed E-state index contributed by atoms with van der Waals surface area (Å²) in [6, 6.07) is 7.31. The predicted octanol–water partition coefficient (Wildman–Crippen LogP) is 1.92. The van der Waals surface area contributed by atoms with Crippen molar-refractivity contribution in [3.8, 4) is 0 Å². The number of hydrogen-bond donors (Lipinski definition) is 1. The number of anilines is 1. The van der Waals surface area contributed by atoms with Crippen LogP contribution in [0.1, 0.15) is 19.8 Å². The van der Waals surface area contributed by atoms with Crippen molar-refractivity contribution in [1.29, 1.82) is 0 Å². The normalized spacial score (nSPS) is 22.6. The van der Waals surface area contributed by atoms with Crippen molar-refractivity contribution in [3.63, 3.8) is 0 Å². The van der Waals surface area contributed by atoms with Crippen LogP contribution in [0.2, 0.25) is 0 Å². The zero-order valence-electron chi connectivity index (χ0n) is 12.2. The monoisotopic (exact) mass is 298 g/mol. The van der Waals surface area contributed by atoms with E-state index < -0.39 is 10.0 Å². The Morgan fingerprint density at radius 3 is 2.55 bits per heavy atom. The predicted molar refractivity (Wildman–Crippen MR) is 79.4 cm³/mol. The Hall–Kier alpha value is -1.11. The number of para-hydroxylation sites is 1. The second kappa shape index (κ2) is 6.11. The molecule has 5 nitrogen and oxygen atoms in total. The van der Waals surface area contributed by atoms with Crippen molar-refractivity contribution in [2.45, 2.75) is 36.8 Å². The second-order valence-corrected chi connectivity index (χ2v) is 7.29. The topological polar surface area (TPSA) is 58.6 Å². The molecule has 0 bridgehead atoms. The third-order valence-corrected chi connectivity index (χ3v) is 5.38. The first kappa shape index (κ1) is 15.3. The fourth-order valence-electron chi connectivity index (χ4n) is 2.28. The van der Waals surface area contributed by atoms with Gasteiger partial charge in [0.25, 0.3) is 0 Å². The molecular weight excluding hydrogens is 276 g/mol. The summed E-state index contributed by atoms with van der Waals surface area (Å²) in [5, 5.41) is 3.31. The van der Waals surface area contributed by atoms with E-state index in [1.54, 1.807) is 26.2 Å². The molecule has 1 aliphatic rings. The SMILES string of the molecule is CCOC1CC(Nc2ccccc2S(=O)(=O)N(C)C)C1. The van der Waals surface area contributed by atoms with Gasteiger partial charge in [0.05, 0.1) is 11.8 Å². The van der Waals surface area contributed by atoms with E-state index in [4.69, 9.17) is 4.74 Å². The second-order valence-electron chi connectivity index (χ2n) is 5.17. The molecule has 20 heavy (non-hydrogen) atoms. The van der Waals surface area contributed by atoms with Crippen LogP contribution in [0.4, 0.5) is 5.69 Å². The van der Waals surface area contributed by atoms with Crippen LogP contribution < -0.4 is 5.32 Å². The fourth-order valence-corrected chi connectivity index (χ4v) is 3.33. The highest BCUT2D eigenvalue weighted by molar-refractivity contribution is 7.89. The van der Waals surface area contributed by atoms with E-state index in [2.05, 4.69) is 5.32 Å². The summed E-state index contributed by atoms with van der Waals surface area (Å²) < 4.78 is 31.3. The number of benzene rings is 1. The van der Waals surface area contributed by atoms with Gasteiger partial charge < -0.3 is 10.1 Å². The van der Waals surface area contributed by atoms with Crippen LogP contribution in [0.25, 0.3) is 0 Å². The first-order valence-electron chi connectivity index (χ1n) is 6.84. The molecule has 112 valence electrons. The molecule has 1 aromatic rings. The third kappa shape index (κ3) is 3.13. The van der Waals surface area contributed by atoms with Crippen molar-refractivity contribution in [1.82, 2.24) is 4.31 Å². The van der Waals surface area contributed by atoms with E-state index in [0.29, 0.717) is 16.7 Å². The minimum absolute atomic E-state index is 0.282. The van der Waals surface area contributed by atoms with E-state index >= 15 is 0 Å². The van der Waals surface area contributed by atoms with Crippen molar-refractivity contribution >= 4 is 15.7 Å². The van der Waals surface area contributed by atoms with Gasteiger partial charge in [0.15, 0.2) is 0 Å². The highest BCUT2D eigenvalue weighted by atomic mass is 32.2. The van der Waals surface area contributed by atoms with Crippen LogP contribution in [-0.2, 0) is 14.8 Å². The molecule has 0 spiro atoms. The summed E-state index contributed by atoms with van der Waals surface area (Å²) in [5.41, 5.74) is 0.668. The summed E-state index contributed by atoms with van der Waals surface area (Å²) in [5.74, 6) is 0. The molecule has 0 aliphatic heterocycles. The average Bonchev–Trinajstić information content (AvgIpc) is 2.36. The molecule has 1 fully saturated rings. The van der Waals surface area contributed by atoms with Crippen LogP contribution in [0.5, 0.6) is 0 Å². The van der Waals surface area contributed by atoms with Gasteiger partial charge in [-0.15, -0.1) is 0 Å². The fraction of sp³-hybridized carbons (Fsp3) is 0.571. The first-order chi connectivity index (χ1) is 9.45. The van der Waals surface area contributed by atoms with Gasteiger partial charge >= 0.3 is 0 Å². The molecule has 0 heterocycles. The van der Waals surface area contributed by atoms with Gasteiger partial charge in [-0.05, 0) is 31.9 Å². The summed E-state index contributed by atoms with van der Waals surface area (Å²) in [4.78, 5) is 0.324. The quantitative estimate of drug-likeness (QED) is 0.871. The third-order valence-electron chi connectivity index (χ3n) is 3.50. The van der Waals surface area contributed by atoms with Gasteiger partial charge in [0, 0.05) is 26.7 Å². The van der Waals surface area contributed by atoms with Gasteiger partial charge in [-0.3, -0.25) is 0 Å². The van der Waals surface area contributed by atoms with Crippen LogP contribution in [0, 0.1) is 0 Å². The number of nitrogens with one attached hydrogen (secondary N) is 1. The van der Waals surface area contributed by atoms with Crippen molar-refractivity contribution in [2.75, 3.05) is 26.0 Å². The van der Waals surface area contributed by atoms with E-state index in [9.17, 15) is 8.42 Å². The van der Waals surface area contributed by atoms with Crippen LogP contribution in [0.3, 0.4) is 0 Å². The van der Waals surface area contributed by atoms with Crippen LogP contribution >= 0.6 is 0 Å². The van der Waals surface area contributed by atoms with Gasteiger partial charge in [0.2, 0.25) is 10.0 Å². The first-order valence-corrected chi connectivity index (χ1v) is 8.29. The summed E-state index contributed by atoms with van der Waals surface area (Å²) in [6.07, 6.45) is 2.14. The van der Waals surface area contributed by atoms with E-state index in [1.807, 2.05) is 19.1 Å². The molecule has 1 aliphatic carbocycles. The Kier molecular flexibility index (Phi) is 4.67. The molecule has 0 aromatic heterocycles. The Morgan fingerprint density at radius 1 is 1.30 bits per heavy atom. The molecule has 1 saturated carbocycles. The number of nitrogens with zero attached hydrogens (tertiary/aromatic N) is 1. The maximum Gasteiger partial charge on any atom is 0.244 e. The highest BCUT2D eigenvalue weighted by Crippen LogP contribution is 2.30. The maximum atomic E-state index is 12.3. The molecule has 6 heteroatoms. The minimum atomic E-state index is -3.42. The molecule has 2 rings (SSSR count). The smallest absolute Gasteiger partial charge is 0.244 e. The lowest BCUT2D eigenvalue weighted by Crippen LogP contribution is -2.41. The Bertz CT molecular complexity index is 551. The lowest BCUT2D eigenvalue weighted by molar-refractivity contribution is 0.00295. The number of ether oxygens (including phenoxy) is 1.